The maximum atomic E-state index is 5.36. The van der Waals surface area contributed by atoms with Crippen molar-refractivity contribution in [3.05, 3.63) is 51.2 Å². The van der Waals surface area contributed by atoms with E-state index in [1.165, 1.54) is 10.4 Å². The van der Waals surface area contributed by atoms with Gasteiger partial charge < -0.3 is 0 Å². The van der Waals surface area contributed by atoms with Gasteiger partial charge in [-0.2, -0.15) is 5.10 Å². The molecule has 20 heavy (non-hydrogen) atoms. The summed E-state index contributed by atoms with van der Waals surface area (Å²) in [7, 11) is 0. The van der Waals surface area contributed by atoms with Gasteiger partial charge in [0.15, 0.2) is 10.6 Å². The average molecular weight is 302 g/mol. The van der Waals surface area contributed by atoms with Crippen LogP contribution in [0.25, 0.3) is 11.4 Å². The van der Waals surface area contributed by atoms with E-state index in [0.717, 1.165) is 24.4 Å². The SMILES string of the molecule is CCc1ccsc1Cn1c(-c2ccncc2)n[nH]c1=S. The maximum Gasteiger partial charge on any atom is 0.195 e. The fraction of sp³-hybridized carbons (Fsp3) is 0.214. The smallest absolute Gasteiger partial charge is 0.195 e. The van der Waals surface area contributed by atoms with E-state index in [-0.39, 0.29) is 0 Å². The van der Waals surface area contributed by atoms with E-state index in [2.05, 4.69) is 33.6 Å². The van der Waals surface area contributed by atoms with Crippen LogP contribution in [0.15, 0.2) is 36.0 Å². The number of H-pyrrole nitrogens is 1. The highest BCUT2D eigenvalue weighted by Gasteiger charge is 2.11. The Hall–Kier alpha value is -1.79. The number of aryl methyl sites for hydroxylation is 1. The molecule has 0 amide bonds. The average Bonchev–Trinajstić information content (AvgIpc) is 3.08. The Balaban J connectivity index is 2.02. The molecule has 0 atom stereocenters. The summed E-state index contributed by atoms with van der Waals surface area (Å²) in [5, 5.41) is 9.36. The highest BCUT2D eigenvalue weighted by molar-refractivity contribution is 7.71. The van der Waals surface area contributed by atoms with E-state index < -0.39 is 0 Å². The van der Waals surface area contributed by atoms with Crippen LogP contribution >= 0.6 is 23.6 Å². The molecule has 0 bridgehead atoms. The minimum absolute atomic E-state index is 0.646. The normalized spacial score (nSPS) is 10.8. The molecule has 3 rings (SSSR count). The minimum atomic E-state index is 0.646. The molecule has 0 aliphatic rings. The zero-order valence-electron chi connectivity index (χ0n) is 11.0. The lowest BCUT2D eigenvalue weighted by Crippen LogP contribution is -2.02. The number of pyridine rings is 1. The molecule has 3 aromatic heterocycles. The van der Waals surface area contributed by atoms with Crippen molar-refractivity contribution < 1.29 is 0 Å². The van der Waals surface area contributed by atoms with Gasteiger partial charge in [0.2, 0.25) is 0 Å². The zero-order valence-corrected chi connectivity index (χ0v) is 12.7. The second-order valence-corrected chi connectivity index (χ2v) is 5.78. The lowest BCUT2D eigenvalue weighted by Gasteiger charge is -2.07. The van der Waals surface area contributed by atoms with Crippen LogP contribution in [0.4, 0.5) is 0 Å². The maximum absolute atomic E-state index is 5.36. The monoisotopic (exact) mass is 302 g/mol. The Bertz CT molecular complexity index is 755. The van der Waals surface area contributed by atoms with Crippen molar-refractivity contribution in [1.82, 2.24) is 19.7 Å². The highest BCUT2D eigenvalue weighted by Crippen LogP contribution is 2.22. The molecule has 3 aromatic rings. The first-order valence-corrected chi connectivity index (χ1v) is 7.69. The van der Waals surface area contributed by atoms with Crippen LogP contribution in [0.5, 0.6) is 0 Å². The van der Waals surface area contributed by atoms with Crippen molar-refractivity contribution in [2.75, 3.05) is 0 Å². The Kier molecular flexibility index (Phi) is 3.75. The molecule has 0 spiro atoms. The topological polar surface area (TPSA) is 46.5 Å². The van der Waals surface area contributed by atoms with E-state index in [0.29, 0.717) is 4.77 Å². The van der Waals surface area contributed by atoms with Crippen LogP contribution in [0, 0.1) is 4.77 Å². The van der Waals surface area contributed by atoms with Crippen LogP contribution < -0.4 is 0 Å². The van der Waals surface area contributed by atoms with Gasteiger partial charge >= 0.3 is 0 Å². The predicted molar refractivity (Wildman–Crippen MR) is 83.4 cm³/mol. The first kappa shape index (κ1) is 13.2. The van der Waals surface area contributed by atoms with E-state index in [1.54, 1.807) is 23.7 Å². The molecule has 0 unspecified atom stereocenters. The fourth-order valence-corrected chi connectivity index (χ4v) is 3.31. The Morgan fingerprint density at radius 2 is 2.10 bits per heavy atom. The minimum Gasteiger partial charge on any atom is -0.295 e. The van der Waals surface area contributed by atoms with Gasteiger partial charge in [0.05, 0.1) is 6.54 Å². The summed E-state index contributed by atoms with van der Waals surface area (Å²) in [6.45, 7) is 2.93. The summed E-state index contributed by atoms with van der Waals surface area (Å²) >= 11 is 7.12. The standard InChI is InChI=1S/C14H14N4S2/c1-2-10-5-8-20-12(10)9-18-13(16-17-14(18)19)11-3-6-15-7-4-11/h3-8H,2,9H2,1H3,(H,17,19). The lowest BCUT2D eigenvalue weighted by molar-refractivity contribution is 0.794. The van der Waals surface area contributed by atoms with E-state index in [1.807, 2.05) is 16.7 Å². The summed E-state index contributed by atoms with van der Waals surface area (Å²) < 4.78 is 2.68. The molecule has 3 heterocycles. The fourth-order valence-electron chi connectivity index (χ4n) is 2.15. The molecule has 0 fully saturated rings. The second kappa shape index (κ2) is 5.68. The van der Waals surface area contributed by atoms with Crippen molar-refractivity contribution in [2.24, 2.45) is 0 Å². The number of thiophene rings is 1. The first-order chi connectivity index (χ1) is 9.79. The summed E-state index contributed by atoms with van der Waals surface area (Å²) in [5.41, 5.74) is 2.39. The third-order valence-electron chi connectivity index (χ3n) is 3.22. The number of aromatic nitrogens is 4. The molecule has 0 radical (unpaired) electrons. The highest BCUT2D eigenvalue weighted by atomic mass is 32.1. The van der Waals surface area contributed by atoms with Gasteiger partial charge in [0.25, 0.3) is 0 Å². The largest absolute Gasteiger partial charge is 0.295 e. The Morgan fingerprint density at radius 1 is 1.30 bits per heavy atom. The Labute approximate surface area is 126 Å². The molecule has 0 aliphatic heterocycles. The molecule has 0 aromatic carbocycles. The molecule has 0 aliphatic carbocycles. The first-order valence-electron chi connectivity index (χ1n) is 6.40. The molecule has 4 nitrogen and oxygen atoms in total. The van der Waals surface area contributed by atoms with Crippen LogP contribution in [0.2, 0.25) is 0 Å². The molecule has 0 saturated carbocycles. The van der Waals surface area contributed by atoms with Gasteiger partial charge in [0.1, 0.15) is 0 Å². The summed E-state index contributed by atoms with van der Waals surface area (Å²) in [4.78, 5) is 5.37. The van der Waals surface area contributed by atoms with E-state index in [4.69, 9.17) is 12.2 Å². The van der Waals surface area contributed by atoms with Crippen LogP contribution in [0.1, 0.15) is 17.4 Å². The molecule has 1 N–H and O–H groups in total. The molecular weight excluding hydrogens is 288 g/mol. The van der Waals surface area contributed by atoms with Crippen LogP contribution in [0.3, 0.4) is 0 Å². The van der Waals surface area contributed by atoms with Crippen molar-refractivity contribution in [3.63, 3.8) is 0 Å². The van der Waals surface area contributed by atoms with Gasteiger partial charge in [-0.1, -0.05) is 6.92 Å². The van der Waals surface area contributed by atoms with Gasteiger partial charge in [0, 0.05) is 22.8 Å². The van der Waals surface area contributed by atoms with Gasteiger partial charge in [-0.15, -0.1) is 11.3 Å². The molecule has 6 heteroatoms. The number of hydrogen-bond acceptors (Lipinski definition) is 4. The Morgan fingerprint density at radius 3 is 2.85 bits per heavy atom. The van der Waals surface area contributed by atoms with Crippen LogP contribution in [-0.2, 0) is 13.0 Å². The number of nitrogens with one attached hydrogen (secondary N) is 1. The quantitative estimate of drug-likeness (QED) is 0.748. The number of aromatic amines is 1. The third kappa shape index (κ3) is 2.44. The van der Waals surface area contributed by atoms with Crippen LogP contribution in [-0.4, -0.2) is 19.7 Å². The summed E-state index contributed by atoms with van der Waals surface area (Å²) in [6.07, 6.45) is 4.56. The zero-order chi connectivity index (χ0) is 13.9. The second-order valence-electron chi connectivity index (χ2n) is 4.40. The van der Waals surface area contributed by atoms with Crippen molar-refractivity contribution in [3.8, 4) is 11.4 Å². The van der Waals surface area contributed by atoms with E-state index >= 15 is 0 Å². The summed E-state index contributed by atoms with van der Waals surface area (Å²) in [6, 6.07) is 6.06. The lowest BCUT2D eigenvalue weighted by atomic mass is 10.2. The van der Waals surface area contributed by atoms with Crippen molar-refractivity contribution in [1.29, 1.82) is 0 Å². The van der Waals surface area contributed by atoms with Crippen molar-refractivity contribution in [2.45, 2.75) is 19.9 Å². The number of nitrogens with zero attached hydrogens (tertiary/aromatic N) is 3. The summed E-state index contributed by atoms with van der Waals surface area (Å²) in [5.74, 6) is 0.854. The van der Waals surface area contributed by atoms with Gasteiger partial charge in [-0.3, -0.25) is 14.6 Å². The van der Waals surface area contributed by atoms with Gasteiger partial charge in [-0.05, 0) is 47.8 Å². The van der Waals surface area contributed by atoms with E-state index in [9.17, 15) is 0 Å². The molecule has 0 saturated heterocycles. The third-order valence-corrected chi connectivity index (χ3v) is 4.48. The molecule has 102 valence electrons. The van der Waals surface area contributed by atoms with Gasteiger partial charge in [-0.25, -0.2) is 0 Å². The predicted octanol–water partition coefficient (Wildman–Crippen LogP) is 3.67. The molecular formula is C14H14N4S2. The van der Waals surface area contributed by atoms with Crippen molar-refractivity contribution >= 4 is 23.6 Å². The number of rotatable bonds is 4. The number of hydrogen-bond donors (Lipinski definition) is 1.